The molecule has 4 amide bonds. The van der Waals surface area contributed by atoms with Gasteiger partial charge in [0.15, 0.2) is 0 Å². The molecule has 2 aliphatic carbocycles. The number of carboxylic acid groups (broad SMARTS) is 1. The molecule has 2 unspecified atom stereocenters. The molecule has 4 aliphatic rings. The third-order valence-corrected chi connectivity index (χ3v) is 11.9. The van der Waals surface area contributed by atoms with Gasteiger partial charge in [0.2, 0.25) is 27.7 Å². The first-order valence-corrected chi connectivity index (χ1v) is 18.3. The van der Waals surface area contributed by atoms with Crippen LogP contribution in [-0.2, 0) is 24.4 Å². The number of nitrogens with one attached hydrogen (secondary N) is 3. The van der Waals surface area contributed by atoms with Gasteiger partial charge >= 0.3 is 6.09 Å². The maximum atomic E-state index is 14.3. The van der Waals surface area contributed by atoms with Crippen LogP contribution in [0.4, 0.5) is 4.79 Å². The highest BCUT2D eigenvalue weighted by Gasteiger charge is 2.62. The van der Waals surface area contributed by atoms with Crippen LogP contribution in [0.5, 0.6) is 11.6 Å². The van der Waals surface area contributed by atoms with E-state index in [1.165, 1.54) is 4.90 Å². The number of amides is 4. The number of fused-ring (bicyclic) bond motifs is 3. The number of nitrogens with zero attached hydrogens (tertiary/aromatic N) is 2. The molecule has 264 valence electrons. The Morgan fingerprint density at radius 2 is 1.90 bits per heavy atom. The van der Waals surface area contributed by atoms with Crippen LogP contribution < -0.4 is 24.8 Å². The van der Waals surface area contributed by atoms with Gasteiger partial charge in [-0.15, -0.1) is 0 Å². The molecule has 0 radical (unpaired) electrons. The van der Waals surface area contributed by atoms with E-state index in [2.05, 4.69) is 20.3 Å². The average molecular weight is 698 g/mol. The number of pyridine rings is 1. The van der Waals surface area contributed by atoms with Crippen molar-refractivity contribution in [2.24, 2.45) is 17.8 Å². The molecule has 1 aromatic carbocycles. The number of benzene rings is 1. The van der Waals surface area contributed by atoms with Crippen molar-refractivity contribution < 1.29 is 42.2 Å². The second kappa shape index (κ2) is 13.5. The van der Waals surface area contributed by atoms with Gasteiger partial charge in [0.05, 0.1) is 18.9 Å². The zero-order chi connectivity index (χ0) is 35.1. The Bertz CT molecular complexity index is 1780. The number of sulfonamides is 1. The largest absolute Gasteiger partial charge is 0.497 e. The summed E-state index contributed by atoms with van der Waals surface area (Å²) in [7, 11) is -2.33. The normalized spacial score (nSPS) is 31.3. The smallest absolute Gasteiger partial charge is 0.405 e. The summed E-state index contributed by atoms with van der Waals surface area (Å²) >= 11 is 0. The van der Waals surface area contributed by atoms with Crippen molar-refractivity contribution in [2.75, 3.05) is 13.7 Å². The van der Waals surface area contributed by atoms with E-state index in [4.69, 9.17) is 9.47 Å². The lowest BCUT2D eigenvalue weighted by Crippen LogP contribution is -2.59. The summed E-state index contributed by atoms with van der Waals surface area (Å²) in [5.74, 6) is -1.82. The molecule has 2 saturated carbocycles. The van der Waals surface area contributed by atoms with E-state index in [9.17, 15) is 32.7 Å². The Hall–Kier alpha value is -4.40. The summed E-state index contributed by atoms with van der Waals surface area (Å²) in [4.78, 5) is 59.7. The lowest BCUT2D eigenvalue weighted by molar-refractivity contribution is -0.142. The van der Waals surface area contributed by atoms with Crippen molar-refractivity contribution in [2.45, 2.75) is 87.8 Å². The van der Waals surface area contributed by atoms with Crippen LogP contribution in [0.25, 0.3) is 10.8 Å². The molecule has 14 nitrogen and oxygen atoms in total. The molecule has 3 fully saturated rings. The summed E-state index contributed by atoms with van der Waals surface area (Å²) in [6.07, 6.45) is 6.38. The highest BCUT2D eigenvalue weighted by atomic mass is 32.2. The Morgan fingerprint density at radius 1 is 1.12 bits per heavy atom. The summed E-state index contributed by atoms with van der Waals surface area (Å²) in [5, 5.41) is 15.8. The Kier molecular flexibility index (Phi) is 9.48. The monoisotopic (exact) mass is 697 g/mol. The SMILES string of the molecule is COc1ccc2c(O[C@@H]3C[C@H]4C(=O)NC5(C(=O)NS(=O)(=O)C6CC6)CC5/C=C\CC[C@@H](C)C[C@@H](C)[C@H](NC(=O)O)C(=O)N4C3)nccc2c1. The number of ether oxygens (including phenoxy) is 2. The van der Waals surface area contributed by atoms with Gasteiger partial charge < -0.3 is 30.1 Å². The molecule has 2 aromatic rings. The minimum Gasteiger partial charge on any atom is -0.497 e. The predicted molar refractivity (Wildman–Crippen MR) is 178 cm³/mol. The van der Waals surface area contributed by atoms with Crippen molar-refractivity contribution in [1.82, 2.24) is 25.2 Å². The van der Waals surface area contributed by atoms with Crippen LogP contribution in [-0.4, -0.2) is 89.9 Å². The van der Waals surface area contributed by atoms with E-state index in [1.807, 2.05) is 32.1 Å². The number of allylic oxidation sites excluding steroid dienone is 1. The average Bonchev–Trinajstić information content (AvgIpc) is 3.98. The summed E-state index contributed by atoms with van der Waals surface area (Å²) < 4.78 is 39.4. The maximum absolute atomic E-state index is 14.3. The van der Waals surface area contributed by atoms with E-state index in [1.54, 1.807) is 31.5 Å². The van der Waals surface area contributed by atoms with E-state index >= 15 is 0 Å². The lowest BCUT2D eigenvalue weighted by Gasteiger charge is -2.32. The first kappa shape index (κ1) is 34.5. The van der Waals surface area contributed by atoms with Gasteiger partial charge in [-0.25, -0.2) is 18.2 Å². The number of aromatic nitrogens is 1. The van der Waals surface area contributed by atoms with Gasteiger partial charge in [-0.3, -0.25) is 19.1 Å². The van der Waals surface area contributed by atoms with E-state index < -0.39 is 74.7 Å². The molecule has 0 bridgehead atoms. The second-order valence-electron chi connectivity index (χ2n) is 13.9. The first-order chi connectivity index (χ1) is 23.3. The van der Waals surface area contributed by atoms with Crippen molar-refractivity contribution in [3.05, 3.63) is 42.6 Å². The Morgan fingerprint density at radius 3 is 2.61 bits per heavy atom. The third kappa shape index (κ3) is 7.31. The fourth-order valence-corrected chi connectivity index (χ4v) is 8.50. The molecule has 49 heavy (non-hydrogen) atoms. The van der Waals surface area contributed by atoms with Crippen LogP contribution in [0.1, 0.15) is 58.8 Å². The summed E-state index contributed by atoms with van der Waals surface area (Å²) in [6.45, 7) is 3.79. The minimum atomic E-state index is -3.89. The molecule has 0 spiro atoms. The van der Waals surface area contributed by atoms with Crippen LogP contribution in [0.15, 0.2) is 42.6 Å². The van der Waals surface area contributed by atoms with Crippen molar-refractivity contribution in [1.29, 1.82) is 0 Å². The molecule has 7 atom stereocenters. The number of carbonyl (C=O) groups is 4. The van der Waals surface area contributed by atoms with Crippen LogP contribution in [0.3, 0.4) is 0 Å². The molecule has 2 aliphatic heterocycles. The lowest BCUT2D eigenvalue weighted by atomic mass is 9.88. The number of hydrogen-bond donors (Lipinski definition) is 4. The third-order valence-electron chi connectivity index (χ3n) is 10.1. The first-order valence-electron chi connectivity index (χ1n) is 16.8. The number of rotatable bonds is 7. The number of hydrogen-bond acceptors (Lipinski definition) is 9. The molecule has 3 heterocycles. The van der Waals surface area contributed by atoms with E-state index in [0.717, 1.165) is 11.8 Å². The van der Waals surface area contributed by atoms with Crippen molar-refractivity contribution in [3.8, 4) is 11.6 Å². The molecular formula is C34H43N5O9S. The van der Waals surface area contributed by atoms with Gasteiger partial charge in [-0.1, -0.05) is 26.0 Å². The molecule has 1 aromatic heterocycles. The molecule has 15 heteroatoms. The molecular weight excluding hydrogens is 654 g/mol. The number of methoxy groups -OCH3 is 1. The van der Waals surface area contributed by atoms with Gasteiger partial charge in [0.25, 0.3) is 5.91 Å². The fourth-order valence-electron chi connectivity index (χ4n) is 7.14. The zero-order valence-electron chi connectivity index (χ0n) is 27.8. The Balaban J connectivity index is 1.33. The molecule has 1 saturated heterocycles. The maximum Gasteiger partial charge on any atom is 0.405 e. The topological polar surface area (TPSA) is 193 Å². The number of carbonyl (C=O) groups excluding carboxylic acids is 3. The molecule has 4 N–H and O–H groups in total. The minimum absolute atomic E-state index is 0.0228. The van der Waals surface area contributed by atoms with Gasteiger partial charge in [0, 0.05) is 23.9 Å². The van der Waals surface area contributed by atoms with Crippen molar-refractivity contribution >= 4 is 44.6 Å². The summed E-state index contributed by atoms with van der Waals surface area (Å²) in [5.41, 5.74) is -1.52. The van der Waals surface area contributed by atoms with Gasteiger partial charge in [0.1, 0.15) is 29.5 Å². The van der Waals surface area contributed by atoms with Crippen LogP contribution in [0.2, 0.25) is 0 Å². The molecule has 6 rings (SSSR count). The predicted octanol–water partition coefficient (Wildman–Crippen LogP) is 2.72. The standard InChI is InChI=1S/C34H43N5O9S/c1-19-6-4-5-7-22-17-34(22,32(42)38-49(45,46)25-9-10-25)37-29(40)27-16-24(18-39(27)31(41)28(20(2)14-19)36-33(43)44)48-30-26-11-8-23(47-3)15-21(26)12-13-35-30/h5,7-8,11-13,15,19-20,22,24-25,27-28,36H,4,6,9-10,14,16-18H2,1-3H3,(H,37,40)(H,38,42)(H,43,44)/b7-5-/t19-,20-,22?,24-,27+,28+,34?/m1/s1. The van der Waals surface area contributed by atoms with Crippen LogP contribution >= 0.6 is 0 Å². The highest BCUT2D eigenvalue weighted by molar-refractivity contribution is 7.91. The Labute approximate surface area is 285 Å². The van der Waals surface area contributed by atoms with Crippen molar-refractivity contribution in [3.63, 3.8) is 0 Å². The fraction of sp³-hybridized carbons (Fsp3) is 0.559. The van der Waals surface area contributed by atoms with Gasteiger partial charge in [-0.05, 0) is 80.0 Å². The zero-order valence-corrected chi connectivity index (χ0v) is 28.6. The van der Waals surface area contributed by atoms with E-state index in [0.29, 0.717) is 36.8 Å². The second-order valence-corrected chi connectivity index (χ2v) is 15.8. The summed E-state index contributed by atoms with van der Waals surface area (Å²) in [6, 6.07) is 4.92. The van der Waals surface area contributed by atoms with E-state index in [-0.39, 0.29) is 31.2 Å². The highest BCUT2D eigenvalue weighted by Crippen LogP contribution is 2.46. The van der Waals surface area contributed by atoms with Crippen LogP contribution in [0, 0.1) is 17.8 Å². The van der Waals surface area contributed by atoms with Gasteiger partial charge in [-0.2, -0.15) is 0 Å². The quantitative estimate of drug-likeness (QED) is 0.313.